The van der Waals surface area contributed by atoms with Gasteiger partial charge in [-0.15, -0.1) is 0 Å². The second-order valence-electron chi connectivity index (χ2n) is 7.17. The first-order chi connectivity index (χ1) is 14.6. The fraction of sp³-hybridized carbons (Fsp3) is 0.261. The number of fused-ring (bicyclic) bond motifs is 1. The molecule has 0 atom stereocenters. The van der Waals surface area contributed by atoms with E-state index in [-0.39, 0.29) is 24.2 Å². The molecule has 1 aliphatic heterocycles. The molecule has 1 aliphatic rings. The van der Waals surface area contributed by atoms with Gasteiger partial charge in [0.1, 0.15) is 11.3 Å². The number of benzene rings is 2. The summed E-state index contributed by atoms with van der Waals surface area (Å²) in [7, 11) is 0. The molecule has 3 aromatic rings. The van der Waals surface area contributed by atoms with Crippen LogP contribution in [0.4, 0.5) is 4.39 Å². The molecular formula is C23H21FN2O4. The van der Waals surface area contributed by atoms with E-state index >= 15 is 0 Å². The van der Waals surface area contributed by atoms with Crippen LogP contribution in [0.15, 0.2) is 59.0 Å². The molecule has 0 bridgehead atoms. The van der Waals surface area contributed by atoms with E-state index < -0.39 is 5.97 Å². The summed E-state index contributed by atoms with van der Waals surface area (Å²) in [5.74, 6) is -0.398. The number of nitrogens with zero attached hydrogens (tertiary/aromatic N) is 2. The van der Waals surface area contributed by atoms with Crippen LogP contribution in [0.25, 0.3) is 17.2 Å². The Morgan fingerprint density at radius 3 is 2.73 bits per heavy atom. The van der Waals surface area contributed by atoms with Crippen molar-refractivity contribution in [3.63, 3.8) is 0 Å². The van der Waals surface area contributed by atoms with Gasteiger partial charge < -0.3 is 14.1 Å². The van der Waals surface area contributed by atoms with Gasteiger partial charge in [-0.2, -0.15) is 0 Å². The molecule has 7 heteroatoms. The largest absolute Gasteiger partial charge is 0.452 e. The molecule has 0 saturated carbocycles. The van der Waals surface area contributed by atoms with Crippen LogP contribution in [0.3, 0.4) is 0 Å². The maximum absolute atomic E-state index is 13.1. The third-order valence-corrected chi connectivity index (χ3v) is 5.11. The lowest BCUT2D eigenvalue weighted by Gasteiger charge is -2.30. The number of rotatable bonds is 5. The van der Waals surface area contributed by atoms with Crippen LogP contribution >= 0.6 is 0 Å². The SMILES string of the molecule is O=C(/C=C/c1cccc(F)c1)OCC(=O)N1CCC(c2nc3ccccc3o2)CC1. The third kappa shape index (κ3) is 4.74. The molecule has 0 N–H and O–H groups in total. The molecule has 2 aromatic carbocycles. The maximum atomic E-state index is 13.1. The van der Waals surface area contributed by atoms with Gasteiger partial charge in [-0.3, -0.25) is 4.79 Å². The Balaban J connectivity index is 1.24. The van der Waals surface area contributed by atoms with Gasteiger partial charge in [-0.05, 0) is 48.7 Å². The minimum atomic E-state index is -0.644. The lowest BCUT2D eigenvalue weighted by Crippen LogP contribution is -2.40. The Hall–Kier alpha value is -3.48. The van der Waals surface area contributed by atoms with Crippen LogP contribution < -0.4 is 0 Å². The molecule has 1 aromatic heterocycles. The summed E-state index contributed by atoms with van der Waals surface area (Å²) in [5.41, 5.74) is 2.15. The Morgan fingerprint density at radius 2 is 1.97 bits per heavy atom. The molecule has 1 amide bonds. The Kier molecular flexibility index (Phi) is 5.88. The first-order valence-corrected chi connectivity index (χ1v) is 9.82. The molecular weight excluding hydrogens is 387 g/mol. The molecule has 2 heterocycles. The molecule has 1 fully saturated rings. The number of amides is 1. The van der Waals surface area contributed by atoms with Gasteiger partial charge in [0, 0.05) is 25.1 Å². The Bertz CT molecular complexity index is 1050. The molecule has 6 nitrogen and oxygen atoms in total. The molecule has 0 radical (unpaired) electrons. The van der Waals surface area contributed by atoms with Crippen molar-refractivity contribution in [3.05, 3.63) is 71.9 Å². The van der Waals surface area contributed by atoms with Crippen LogP contribution in [0, 0.1) is 5.82 Å². The predicted molar refractivity (Wildman–Crippen MR) is 109 cm³/mol. The smallest absolute Gasteiger partial charge is 0.331 e. The highest BCUT2D eigenvalue weighted by Gasteiger charge is 2.27. The van der Waals surface area contributed by atoms with Crippen LogP contribution in [0.2, 0.25) is 0 Å². The van der Waals surface area contributed by atoms with Crippen molar-refractivity contribution in [1.82, 2.24) is 9.88 Å². The van der Waals surface area contributed by atoms with Crippen molar-refractivity contribution in [1.29, 1.82) is 0 Å². The fourth-order valence-electron chi connectivity index (χ4n) is 3.49. The highest BCUT2D eigenvalue weighted by molar-refractivity contribution is 5.89. The van der Waals surface area contributed by atoms with Crippen LogP contribution in [-0.2, 0) is 14.3 Å². The zero-order chi connectivity index (χ0) is 20.9. The summed E-state index contributed by atoms with van der Waals surface area (Å²) < 4.78 is 24.0. The summed E-state index contributed by atoms with van der Waals surface area (Å²) in [5, 5.41) is 0. The van der Waals surface area contributed by atoms with E-state index in [4.69, 9.17) is 9.15 Å². The number of carbonyl (C=O) groups excluding carboxylic acids is 2. The van der Waals surface area contributed by atoms with E-state index in [0.29, 0.717) is 24.5 Å². The van der Waals surface area contributed by atoms with E-state index in [9.17, 15) is 14.0 Å². The number of likely N-dealkylation sites (tertiary alicyclic amines) is 1. The number of halogens is 1. The van der Waals surface area contributed by atoms with Crippen molar-refractivity contribution >= 4 is 29.1 Å². The van der Waals surface area contributed by atoms with Crippen LogP contribution in [0.1, 0.15) is 30.2 Å². The molecule has 30 heavy (non-hydrogen) atoms. The number of aromatic nitrogens is 1. The van der Waals surface area contributed by atoms with Crippen molar-refractivity contribution in [2.75, 3.05) is 19.7 Å². The van der Waals surface area contributed by atoms with Crippen molar-refractivity contribution in [2.24, 2.45) is 0 Å². The number of para-hydroxylation sites is 2. The quantitative estimate of drug-likeness (QED) is 0.473. The van der Waals surface area contributed by atoms with E-state index in [0.717, 1.165) is 23.9 Å². The van der Waals surface area contributed by atoms with Crippen molar-refractivity contribution in [2.45, 2.75) is 18.8 Å². The number of hydrogen-bond donors (Lipinski definition) is 0. The first-order valence-electron chi connectivity index (χ1n) is 9.82. The zero-order valence-corrected chi connectivity index (χ0v) is 16.3. The highest BCUT2D eigenvalue weighted by Crippen LogP contribution is 2.29. The van der Waals surface area contributed by atoms with Crippen LogP contribution in [-0.4, -0.2) is 41.5 Å². The van der Waals surface area contributed by atoms with Gasteiger partial charge >= 0.3 is 5.97 Å². The Labute approximate surface area is 173 Å². The summed E-state index contributed by atoms with van der Waals surface area (Å²) in [6.45, 7) is 0.789. The molecule has 0 unspecified atom stereocenters. The lowest BCUT2D eigenvalue weighted by molar-refractivity contribution is -0.148. The number of ether oxygens (including phenoxy) is 1. The standard InChI is InChI=1S/C23H21FN2O4/c24-18-5-3-4-16(14-18)8-9-22(28)29-15-21(27)26-12-10-17(11-13-26)23-25-19-6-1-2-7-20(19)30-23/h1-9,14,17H,10-13,15H2/b9-8+. The summed E-state index contributed by atoms with van der Waals surface area (Å²) in [6.07, 6.45) is 4.11. The maximum Gasteiger partial charge on any atom is 0.331 e. The number of hydrogen-bond acceptors (Lipinski definition) is 5. The molecule has 1 saturated heterocycles. The summed E-state index contributed by atoms with van der Waals surface area (Å²) in [4.78, 5) is 30.4. The number of esters is 1. The van der Waals surface area contributed by atoms with Gasteiger partial charge in [0.2, 0.25) is 0 Å². The monoisotopic (exact) mass is 408 g/mol. The number of piperidine rings is 1. The predicted octanol–water partition coefficient (Wildman–Crippen LogP) is 3.93. The van der Waals surface area contributed by atoms with Gasteiger partial charge in [-0.1, -0.05) is 24.3 Å². The number of carbonyl (C=O) groups is 2. The average molecular weight is 408 g/mol. The second kappa shape index (κ2) is 8.90. The van der Waals surface area contributed by atoms with Crippen molar-refractivity contribution < 1.29 is 23.1 Å². The first kappa shape index (κ1) is 19.8. The molecule has 0 aliphatic carbocycles. The topological polar surface area (TPSA) is 72.6 Å². The Morgan fingerprint density at radius 1 is 1.17 bits per heavy atom. The third-order valence-electron chi connectivity index (χ3n) is 5.11. The van der Waals surface area contributed by atoms with E-state index in [1.54, 1.807) is 17.0 Å². The normalized spacial score (nSPS) is 15.0. The van der Waals surface area contributed by atoms with Gasteiger partial charge in [-0.25, -0.2) is 14.2 Å². The fourth-order valence-corrected chi connectivity index (χ4v) is 3.49. The summed E-state index contributed by atoms with van der Waals surface area (Å²) >= 11 is 0. The van der Waals surface area contributed by atoms with Gasteiger partial charge in [0.25, 0.3) is 5.91 Å². The van der Waals surface area contributed by atoms with Gasteiger partial charge in [0.05, 0.1) is 0 Å². The lowest BCUT2D eigenvalue weighted by atomic mass is 9.97. The summed E-state index contributed by atoms with van der Waals surface area (Å²) in [6, 6.07) is 13.5. The van der Waals surface area contributed by atoms with E-state index in [1.807, 2.05) is 24.3 Å². The molecule has 154 valence electrons. The average Bonchev–Trinajstić information content (AvgIpc) is 3.20. The zero-order valence-electron chi connectivity index (χ0n) is 16.3. The van der Waals surface area contributed by atoms with Gasteiger partial charge in [0.15, 0.2) is 18.1 Å². The highest BCUT2D eigenvalue weighted by atomic mass is 19.1. The minimum absolute atomic E-state index is 0.165. The number of oxazole rings is 1. The molecule has 0 spiro atoms. The molecule has 4 rings (SSSR count). The minimum Gasteiger partial charge on any atom is -0.452 e. The van der Waals surface area contributed by atoms with Crippen molar-refractivity contribution in [3.8, 4) is 0 Å². The van der Waals surface area contributed by atoms with Crippen LogP contribution in [0.5, 0.6) is 0 Å². The second-order valence-corrected chi connectivity index (χ2v) is 7.17. The van der Waals surface area contributed by atoms with E-state index in [2.05, 4.69) is 4.98 Å². The van der Waals surface area contributed by atoms with E-state index in [1.165, 1.54) is 24.3 Å².